The van der Waals surface area contributed by atoms with Crippen molar-refractivity contribution < 1.29 is 13.9 Å². The number of hydrogen-bond acceptors (Lipinski definition) is 3. The molecule has 0 saturated carbocycles. The Balaban J connectivity index is 2.06. The van der Waals surface area contributed by atoms with E-state index in [4.69, 9.17) is 10.5 Å². The minimum Gasteiger partial charge on any atom is -0.491 e. The molecule has 2 aromatic rings. The van der Waals surface area contributed by atoms with Gasteiger partial charge in [0.05, 0.1) is 17.7 Å². The second-order valence-electron chi connectivity index (χ2n) is 6.02. The van der Waals surface area contributed by atoms with Gasteiger partial charge in [-0.15, -0.1) is 0 Å². The molecule has 3 N–H and O–H groups in total. The lowest BCUT2D eigenvalue weighted by Gasteiger charge is -2.20. The summed E-state index contributed by atoms with van der Waals surface area (Å²) < 4.78 is 19.5. The first kappa shape index (κ1) is 17.9. The first-order valence-corrected chi connectivity index (χ1v) is 7.96. The first-order valence-electron chi connectivity index (χ1n) is 7.96. The molecule has 0 heterocycles. The van der Waals surface area contributed by atoms with Crippen LogP contribution in [0.5, 0.6) is 5.75 Å². The van der Waals surface area contributed by atoms with Crippen molar-refractivity contribution >= 4 is 11.6 Å². The zero-order valence-corrected chi connectivity index (χ0v) is 14.1. The summed E-state index contributed by atoms with van der Waals surface area (Å²) in [6.07, 6.45) is -0.0475. The van der Waals surface area contributed by atoms with Crippen molar-refractivity contribution in [1.29, 1.82) is 0 Å². The van der Waals surface area contributed by atoms with Crippen molar-refractivity contribution in [3.8, 4) is 5.75 Å². The van der Waals surface area contributed by atoms with Crippen molar-refractivity contribution in [2.45, 2.75) is 32.9 Å². The van der Waals surface area contributed by atoms with Crippen LogP contribution < -0.4 is 15.8 Å². The summed E-state index contributed by atoms with van der Waals surface area (Å²) in [5.41, 5.74) is 7.11. The zero-order valence-electron chi connectivity index (χ0n) is 14.1. The Morgan fingerprint density at radius 1 is 1.12 bits per heavy atom. The normalized spacial score (nSPS) is 13.4. The highest BCUT2D eigenvalue weighted by Crippen LogP contribution is 2.24. The number of anilines is 1. The number of halogens is 1. The van der Waals surface area contributed by atoms with Crippen molar-refractivity contribution in [1.82, 2.24) is 0 Å². The largest absolute Gasteiger partial charge is 0.491 e. The molecule has 2 aromatic carbocycles. The first-order chi connectivity index (χ1) is 11.4. The summed E-state index contributed by atoms with van der Waals surface area (Å²) in [5, 5.41) is 2.59. The van der Waals surface area contributed by atoms with Crippen LogP contribution in [0.25, 0.3) is 0 Å². The highest BCUT2D eigenvalue weighted by atomic mass is 19.1. The van der Waals surface area contributed by atoms with Crippen LogP contribution in [0.1, 0.15) is 32.4 Å². The predicted octanol–water partition coefficient (Wildman–Crippen LogP) is 3.89. The van der Waals surface area contributed by atoms with E-state index in [-0.39, 0.29) is 17.7 Å². The van der Waals surface area contributed by atoms with Crippen LogP contribution in [0.3, 0.4) is 0 Å². The van der Waals surface area contributed by atoms with E-state index in [2.05, 4.69) is 5.32 Å². The molecule has 2 atom stereocenters. The number of hydrogen-bond donors (Lipinski definition) is 2. The number of nitrogens with one attached hydrogen (secondary N) is 1. The summed E-state index contributed by atoms with van der Waals surface area (Å²) in [6, 6.07) is 13.3. The fourth-order valence-electron chi connectivity index (χ4n) is 2.32. The lowest BCUT2D eigenvalue weighted by Crippen LogP contribution is -2.30. The lowest BCUT2D eigenvalue weighted by atomic mass is 9.94. The number of carbonyl (C=O) groups is 1. The molecule has 0 fully saturated rings. The average molecular weight is 330 g/mol. The Kier molecular flexibility index (Phi) is 5.93. The van der Waals surface area contributed by atoms with Gasteiger partial charge in [-0.05, 0) is 31.5 Å². The Morgan fingerprint density at radius 2 is 1.79 bits per heavy atom. The molecule has 24 heavy (non-hydrogen) atoms. The maximum atomic E-state index is 14.1. The topological polar surface area (TPSA) is 64.3 Å². The Bertz CT molecular complexity index is 689. The Morgan fingerprint density at radius 3 is 2.38 bits per heavy atom. The summed E-state index contributed by atoms with van der Waals surface area (Å²) in [6.45, 7) is 5.45. The molecule has 0 aliphatic rings. The third-order valence-corrected chi connectivity index (χ3v) is 3.71. The fourth-order valence-corrected chi connectivity index (χ4v) is 2.32. The van der Waals surface area contributed by atoms with E-state index >= 15 is 0 Å². The van der Waals surface area contributed by atoms with Crippen LogP contribution in [0.2, 0.25) is 0 Å². The van der Waals surface area contributed by atoms with Crippen LogP contribution >= 0.6 is 0 Å². The van der Waals surface area contributed by atoms with Crippen molar-refractivity contribution in [2.24, 2.45) is 11.7 Å². The molecule has 4 nitrogen and oxygen atoms in total. The average Bonchev–Trinajstić information content (AvgIpc) is 2.56. The van der Waals surface area contributed by atoms with Crippen LogP contribution in [0.4, 0.5) is 10.1 Å². The minimum absolute atomic E-state index is 0.0475. The van der Waals surface area contributed by atoms with Gasteiger partial charge in [0.15, 0.2) is 0 Å². The number of rotatable bonds is 6. The molecule has 2 unspecified atom stereocenters. The van der Waals surface area contributed by atoms with Gasteiger partial charge in [-0.1, -0.05) is 37.3 Å². The molecule has 0 saturated heterocycles. The third-order valence-electron chi connectivity index (χ3n) is 3.71. The molecule has 2 rings (SSSR count). The Labute approximate surface area is 141 Å². The number of amides is 1. The molecule has 0 aliphatic heterocycles. The van der Waals surface area contributed by atoms with E-state index in [0.717, 1.165) is 5.56 Å². The molecular weight excluding hydrogens is 307 g/mol. The summed E-state index contributed by atoms with van der Waals surface area (Å²) in [5.74, 6) is -0.947. The lowest BCUT2D eigenvalue weighted by molar-refractivity contribution is -0.120. The van der Waals surface area contributed by atoms with Crippen molar-refractivity contribution in [3.63, 3.8) is 0 Å². The van der Waals surface area contributed by atoms with Gasteiger partial charge in [-0.2, -0.15) is 0 Å². The maximum Gasteiger partial charge on any atom is 0.229 e. The van der Waals surface area contributed by atoms with Gasteiger partial charge in [0.2, 0.25) is 5.91 Å². The molecule has 0 radical (unpaired) electrons. The maximum absolute atomic E-state index is 14.1. The van der Waals surface area contributed by atoms with E-state index in [0.29, 0.717) is 5.75 Å². The fraction of sp³-hybridized carbons (Fsp3) is 0.316. The molecule has 0 spiro atoms. The molecule has 5 heteroatoms. The van der Waals surface area contributed by atoms with E-state index in [9.17, 15) is 9.18 Å². The molecular formula is C19H23FN2O2. The van der Waals surface area contributed by atoms with Crippen LogP contribution in [0, 0.1) is 11.7 Å². The summed E-state index contributed by atoms with van der Waals surface area (Å²) >= 11 is 0. The highest BCUT2D eigenvalue weighted by Gasteiger charge is 2.23. The number of benzene rings is 2. The Hall–Kier alpha value is -2.40. The highest BCUT2D eigenvalue weighted by molar-refractivity contribution is 5.93. The molecule has 0 bridgehead atoms. The van der Waals surface area contributed by atoms with Crippen LogP contribution in [-0.2, 0) is 4.79 Å². The molecule has 128 valence electrons. The van der Waals surface area contributed by atoms with Crippen LogP contribution in [0.15, 0.2) is 48.5 Å². The second kappa shape index (κ2) is 7.93. The van der Waals surface area contributed by atoms with E-state index < -0.39 is 17.8 Å². The van der Waals surface area contributed by atoms with E-state index in [1.165, 1.54) is 12.1 Å². The van der Waals surface area contributed by atoms with Crippen LogP contribution in [-0.4, -0.2) is 12.0 Å². The van der Waals surface area contributed by atoms with Gasteiger partial charge in [-0.3, -0.25) is 4.79 Å². The second-order valence-corrected chi connectivity index (χ2v) is 6.02. The SMILES string of the molecule is CC(C)Oc1ccc(NC(=O)C(C)C(N)c2ccccc2)c(F)c1. The van der Waals surface area contributed by atoms with Crippen molar-refractivity contribution in [2.75, 3.05) is 5.32 Å². The monoisotopic (exact) mass is 330 g/mol. The number of nitrogens with two attached hydrogens (primary N) is 1. The third kappa shape index (κ3) is 4.55. The van der Waals surface area contributed by atoms with Gasteiger partial charge < -0.3 is 15.8 Å². The predicted molar refractivity (Wildman–Crippen MR) is 93.3 cm³/mol. The standard InChI is InChI=1S/C19H23FN2O2/c1-12(2)24-15-9-10-17(16(20)11-15)22-19(23)13(3)18(21)14-7-5-4-6-8-14/h4-13,18H,21H2,1-3H3,(H,22,23). The van der Waals surface area contributed by atoms with Gasteiger partial charge in [0.25, 0.3) is 0 Å². The molecule has 0 aliphatic carbocycles. The smallest absolute Gasteiger partial charge is 0.229 e. The van der Waals surface area contributed by atoms with Gasteiger partial charge >= 0.3 is 0 Å². The van der Waals surface area contributed by atoms with Gasteiger partial charge in [-0.25, -0.2) is 4.39 Å². The van der Waals surface area contributed by atoms with E-state index in [1.807, 2.05) is 44.2 Å². The minimum atomic E-state index is -0.540. The molecule has 0 aromatic heterocycles. The van der Waals surface area contributed by atoms with Gasteiger partial charge in [0.1, 0.15) is 11.6 Å². The zero-order chi connectivity index (χ0) is 17.7. The summed E-state index contributed by atoms with van der Waals surface area (Å²) in [7, 11) is 0. The molecule has 1 amide bonds. The van der Waals surface area contributed by atoms with E-state index in [1.54, 1.807) is 13.0 Å². The summed E-state index contributed by atoms with van der Waals surface area (Å²) in [4.78, 5) is 12.4. The number of ether oxygens (including phenoxy) is 1. The van der Waals surface area contributed by atoms with Gasteiger partial charge in [0, 0.05) is 12.1 Å². The quantitative estimate of drug-likeness (QED) is 0.844. The van der Waals surface area contributed by atoms with Crippen molar-refractivity contribution in [3.05, 3.63) is 59.9 Å². The number of carbonyl (C=O) groups excluding carboxylic acids is 1.